The third kappa shape index (κ3) is 6.50. The van der Waals surface area contributed by atoms with Crippen LogP contribution in [0.3, 0.4) is 0 Å². The van der Waals surface area contributed by atoms with Crippen molar-refractivity contribution in [3.63, 3.8) is 0 Å². The molecular formula is C17H25Cl2N3O4S. The van der Waals surface area contributed by atoms with Gasteiger partial charge >= 0.3 is 0 Å². The van der Waals surface area contributed by atoms with Crippen molar-refractivity contribution in [2.24, 2.45) is 0 Å². The first-order valence-corrected chi connectivity index (χ1v) is 11.3. The van der Waals surface area contributed by atoms with Gasteiger partial charge in [0, 0.05) is 24.7 Å². The first-order valence-electron chi connectivity index (χ1n) is 8.72. The molecule has 1 heterocycles. The molecule has 10 heteroatoms. The normalized spacial score (nSPS) is 16.7. The Kier molecular flexibility index (Phi) is 8.18. The van der Waals surface area contributed by atoms with Crippen LogP contribution < -0.4 is 9.62 Å². The Bertz CT molecular complexity index is 755. The molecule has 2 rings (SSSR count). The molecule has 0 aliphatic carbocycles. The van der Waals surface area contributed by atoms with E-state index in [1.54, 1.807) is 6.07 Å². The number of halogens is 2. The summed E-state index contributed by atoms with van der Waals surface area (Å²) < 4.78 is 30.9. The number of sulfonamides is 1. The number of nitrogens with zero attached hydrogens (tertiary/aromatic N) is 2. The highest BCUT2D eigenvalue weighted by molar-refractivity contribution is 7.92. The molecule has 1 atom stereocenters. The summed E-state index contributed by atoms with van der Waals surface area (Å²) >= 11 is 12.1. The highest BCUT2D eigenvalue weighted by atomic mass is 35.5. The zero-order valence-corrected chi connectivity index (χ0v) is 17.8. The van der Waals surface area contributed by atoms with Crippen molar-refractivity contribution in [3.05, 3.63) is 28.2 Å². The van der Waals surface area contributed by atoms with Crippen LogP contribution in [0, 0.1) is 0 Å². The maximum absolute atomic E-state index is 12.5. The van der Waals surface area contributed by atoms with Gasteiger partial charge in [0.05, 0.1) is 30.2 Å². The molecule has 0 spiro atoms. The van der Waals surface area contributed by atoms with Gasteiger partial charge in [-0.2, -0.15) is 0 Å². The second-order valence-corrected chi connectivity index (χ2v) is 9.13. The molecule has 0 bridgehead atoms. The topological polar surface area (TPSA) is 79.0 Å². The number of benzene rings is 1. The fraction of sp³-hybridized carbons (Fsp3) is 0.588. The average molecular weight is 438 g/mol. The summed E-state index contributed by atoms with van der Waals surface area (Å²) in [7, 11) is -3.74. The predicted octanol–water partition coefficient (Wildman–Crippen LogP) is 1.99. The Labute approximate surface area is 170 Å². The van der Waals surface area contributed by atoms with Crippen LogP contribution in [0.2, 0.25) is 10.0 Å². The number of rotatable bonds is 8. The lowest BCUT2D eigenvalue weighted by Gasteiger charge is -2.29. The van der Waals surface area contributed by atoms with Crippen molar-refractivity contribution >= 4 is 44.8 Å². The van der Waals surface area contributed by atoms with Gasteiger partial charge in [0.25, 0.3) is 0 Å². The number of carbonyl (C=O) groups is 1. The number of morpholine rings is 1. The van der Waals surface area contributed by atoms with Crippen LogP contribution in [-0.2, 0) is 19.6 Å². The fourth-order valence-corrected chi connectivity index (χ4v) is 4.53. The predicted molar refractivity (Wildman–Crippen MR) is 108 cm³/mol. The minimum atomic E-state index is -3.74. The van der Waals surface area contributed by atoms with E-state index in [1.807, 2.05) is 0 Å². The summed E-state index contributed by atoms with van der Waals surface area (Å²) in [5, 5.41) is 3.34. The van der Waals surface area contributed by atoms with Crippen molar-refractivity contribution in [3.8, 4) is 0 Å². The summed E-state index contributed by atoms with van der Waals surface area (Å²) in [5.41, 5.74) is 0.183. The molecule has 1 saturated heterocycles. The van der Waals surface area contributed by atoms with Crippen molar-refractivity contribution in [2.45, 2.75) is 19.4 Å². The van der Waals surface area contributed by atoms with Crippen LogP contribution in [0.5, 0.6) is 0 Å². The molecule has 1 aliphatic rings. The van der Waals surface area contributed by atoms with Crippen molar-refractivity contribution in [2.75, 3.05) is 50.0 Å². The maximum Gasteiger partial charge on any atom is 0.243 e. The van der Waals surface area contributed by atoms with E-state index in [9.17, 15) is 13.2 Å². The molecule has 0 radical (unpaired) electrons. The van der Waals surface area contributed by atoms with Crippen LogP contribution in [-0.4, -0.2) is 70.9 Å². The summed E-state index contributed by atoms with van der Waals surface area (Å²) in [6.07, 6.45) is 1.81. The number of carbonyl (C=O) groups excluding carboxylic acids is 1. The lowest BCUT2D eigenvalue weighted by molar-refractivity contribution is -0.121. The largest absolute Gasteiger partial charge is 0.379 e. The molecule has 152 valence electrons. The van der Waals surface area contributed by atoms with Crippen LogP contribution >= 0.6 is 23.2 Å². The number of nitrogens with one attached hydrogen (secondary N) is 1. The van der Waals surface area contributed by atoms with E-state index in [0.717, 1.165) is 49.8 Å². The van der Waals surface area contributed by atoms with Gasteiger partial charge < -0.3 is 10.1 Å². The number of hydrogen-bond acceptors (Lipinski definition) is 5. The van der Waals surface area contributed by atoms with Gasteiger partial charge in [-0.25, -0.2) is 8.42 Å². The Hall–Kier alpha value is -1.06. The first-order chi connectivity index (χ1) is 12.7. The van der Waals surface area contributed by atoms with Gasteiger partial charge in [-0.1, -0.05) is 23.2 Å². The number of hydrogen-bond donors (Lipinski definition) is 1. The monoisotopic (exact) mass is 437 g/mol. The molecule has 7 nitrogen and oxygen atoms in total. The molecular weight excluding hydrogens is 413 g/mol. The van der Waals surface area contributed by atoms with Gasteiger partial charge in [-0.15, -0.1) is 0 Å². The van der Waals surface area contributed by atoms with Gasteiger partial charge in [-0.3, -0.25) is 14.0 Å². The number of anilines is 1. The smallest absolute Gasteiger partial charge is 0.243 e. The SMILES string of the molecule is C[C@H](C(=O)NCCCN1CCOCC1)N(c1cc(Cl)ccc1Cl)S(C)(=O)=O. The van der Waals surface area contributed by atoms with Gasteiger partial charge in [0.1, 0.15) is 6.04 Å². The van der Waals surface area contributed by atoms with E-state index in [2.05, 4.69) is 10.2 Å². The second kappa shape index (κ2) is 9.93. The van der Waals surface area contributed by atoms with Gasteiger partial charge in [0.2, 0.25) is 15.9 Å². The molecule has 1 amide bonds. The van der Waals surface area contributed by atoms with Crippen molar-refractivity contribution in [1.82, 2.24) is 10.2 Å². The molecule has 0 aromatic heterocycles. The highest BCUT2D eigenvalue weighted by Gasteiger charge is 2.30. The van der Waals surface area contributed by atoms with Gasteiger partial charge in [-0.05, 0) is 38.1 Å². The molecule has 1 aromatic rings. The van der Waals surface area contributed by atoms with E-state index in [-0.39, 0.29) is 10.7 Å². The van der Waals surface area contributed by atoms with E-state index in [0.29, 0.717) is 11.6 Å². The van der Waals surface area contributed by atoms with E-state index < -0.39 is 22.0 Å². The molecule has 27 heavy (non-hydrogen) atoms. The Balaban J connectivity index is 1.99. The van der Waals surface area contributed by atoms with Crippen LogP contribution in [0.15, 0.2) is 18.2 Å². The Morgan fingerprint density at radius 1 is 1.33 bits per heavy atom. The quantitative estimate of drug-likeness (QED) is 0.628. The summed E-state index contributed by atoms with van der Waals surface area (Å²) in [6, 6.07) is 3.54. The van der Waals surface area contributed by atoms with Crippen LogP contribution in [0.4, 0.5) is 5.69 Å². The van der Waals surface area contributed by atoms with Crippen molar-refractivity contribution < 1.29 is 17.9 Å². The molecule has 0 unspecified atom stereocenters. The molecule has 1 aliphatic heterocycles. The first kappa shape index (κ1) is 22.2. The maximum atomic E-state index is 12.5. The summed E-state index contributed by atoms with van der Waals surface area (Å²) in [6.45, 7) is 6.07. The van der Waals surface area contributed by atoms with E-state index in [4.69, 9.17) is 27.9 Å². The van der Waals surface area contributed by atoms with Gasteiger partial charge in [0.15, 0.2) is 0 Å². The van der Waals surface area contributed by atoms with E-state index in [1.165, 1.54) is 19.1 Å². The second-order valence-electron chi connectivity index (χ2n) is 6.43. The molecule has 1 aromatic carbocycles. The summed E-state index contributed by atoms with van der Waals surface area (Å²) in [5.74, 6) is -0.390. The third-order valence-electron chi connectivity index (χ3n) is 4.29. The average Bonchev–Trinajstić information content (AvgIpc) is 2.61. The zero-order valence-electron chi connectivity index (χ0n) is 15.5. The summed E-state index contributed by atoms with van der Waals surface area (Å²) in [4.78, 5) is 14.8. The van der Waals surface area contributed by atoms with Crippen LogP contribution in [0.1, 0.15) is 13.3 Å². The van der Waals surface area contributed by atoms with E-state index >= 15 is 0 Å². The lowest BCUT2D eigenvalue weighted by atomic mass is 10.2. The van der Waals surface area contributed by atoms with Crippen molar-refractivity contribution in [1.29, 1.82) is 0 Å². The number of ether oxygens (including phenoxy) is 1. The third-order valence-corrected chi connectivity index (χ3v) is 6.07. The van der Waals surface area contributed by atoms with Crippen LogP contribution in [0.25, 0.3) is 0 Å². The zero-order chi connectivity index (χ0) is 20.0. The lowest BCUT2D eigenvalue weighted by Crippen LogP contribution is -2.48. The standard InChI is InChI=1S/C17H25Cl2N3O4S/c1-13(17(23)20-6-3-7-21-8-10-26-11-9-21)22(27(2,24)25)16-12-14(18)4-5-15(16)19/h4-5,12-13H,3,6-11H2,1-2H3,(H,20,23)/t13-/m1/s1. The Morgan fingerprint density at radius 2 is 2.00 bits per heavy atom. The number of amides is 1. The highest BCUT2D eigenvalue weighted by Crippen LogP contribution is 2.32. The minimum Gasteiger partial charge on any atom is -0.379 e. The molecule has 0 saturated carbocycles. The molecule has 1 N–H and O–H groups in total. The molecule has 1 fully saturated rings. The fourth-order valence-electron chi connectivity index (χ4n) is 2.92. The Morgan fingerprint density at radius 3 is 2.63 bits per heavy atom. The minimum absolute atomic E-state index is 0.183.